The van der Waals surface area contributed by atoms with Gasteiger partial charge in [-0.2, -0.15) is 0 Å². The number of hydrogen-bond acceptors (Lipinski definition) is 6. The number of ketones is 1. The van der Waals surface area contributed by atoms with Gasteiger partial charge in [0, 0.05) is 24.3 Å². The Morgan fingerprint density at radius 1 is 1.07 bits per heavy atom. The molecule has 5 rings (SSSR count). The predicted molar refractivity (Wildman–Crippen MR) is 153 cm³/mol. The molecule has 10 heteroatoms. The van der Waals surface area contributed by atoms with Crippen LogP contribution >= 0.6 is 0 Å². The number of benzene rings is 2. The van der Waals surface area contributed by atoms with Crippen molar-refractivity contribution in [1.82, 2.24) is 19.9 Å². The van der Waals surface area contributed by atoms with Crippen LogP contribution in [0.2, 0.25) is 0 Å². The van der Waals surface area contributed by atoms with Crippen LogP contribution in [-0.4, -0.2) is 49.2 Å². The lowest BCUT2D eigenvalue weighted by molar-refractivity contribution is -0.140. The number of rotatable bonds is 7. The molecular formula is C31H33F2N5O3. The highest BCUT2D eigenvalue weighted by Gasteiger charge is 2.33. The summed E-state index contributed by atoms with van der Waals surface area (Å²) in [6.07, 6.45) is 4.06. The molecule has 3 heterocycles. The topological polar surface area (TPSA) is 111 Å². The van der Waals surface area contributed by atoms with E-state index in [-0.39, 0.29) is 58.0 Å². The quantitative estimate of drug-likeness (QED) is 0.250. The summed E-state index contributed by atoms with van der Waals surface area (Å²) in [5, 5.41) is 13.7. The number of nitrogens with one attached hydrogen (secondary N) is 2. The van der Waals surface area contributed by atoms with E-state index in [2.05, 4.69) is 27.2 Å². The number of carbonyl (C=O) groups excluding carboxylic acids is 2. The summed E-state index contributed by atoms with van der Waals surface area (Å²) in [5.74, 6) is -1.47. The first kappa shape index (κ1) is 28.2. The molecule has 2 atom stereocenters. The number of nitrogens with zero attached hydrogens (tertiary/aromatic N) is 3. The molecule has 0 spiro atoms. The van der Waals surface area contributed by atoms with Crippen molar-refractivity contribution in [3.05, 3.63) is 65.9 Å². The maximum absolute atomic E-state index is 14.5. The van der Waals surface area contributed by atoms with E-state index in [1.807, 2.05) is 13.8 Å². The summed E-state index contributed by atoms with van der Waals surface area (Å²) in [5.41, 5.74) is 1.26. The Bertz CT molecular complexity index is 1560. The zero-order valence-electron chi connectivity index (χ0n) is 23.2. The summed E-state index contributed by atoms with van der Waals surface area (Å²) >= 11 is 0. The third-order valence-electron chi connectivity index (χ3n) is 7.67. The molecule has 1 saturated heterocycles. The van der Waals surface area contributed by atoms with E-state index in [1.54, 1.807) is 29.2 Å². The van der Waals surface area contributed by atoms with Gasteiger partial charge in [-0.1, -0.05) is 39.0 Å². The molecule has 1 fully saturated rings. The molecule has 0 radical (unpaired) electrons. The third-order valence-corrected chi connectivity index (χ3v) is 7.67. The molecular weight excluding hydrogens is 528 g/mol. The zero-order valence-corrected chi connectivity index (χ0v) is 23.2. The van der Waals surface area contributed by atoms with Gasteiger partial charge >= 0.3 is 0 Å². The van der Waals surface area contributed by atoms with Gasteiger partial charge in [-0.05, 0) is 55.0 Å². The average Bonchev–Trinajstić information content (AvgIpc) is 3.19. The number of amides is 1. The molecule has 0 bridgehead atoms. The molecule has 2 unspecified atom stereocenters. The minimum absolute atomic E-state index is 0.0786. The molecule has 0 saturated carbocycles. The number of aromatic hydroxyl groups is 1. The van der Waals surface area contributed by atoms with Crippen LogP contribution in [0.4, 0.5) is 20.3 Å². The summed E-state index contributed by atoms with van der Waals surface area (Å²) in [6, 6.07) is 10.2. The number of carbonyl (C=O) groups is 2. The highest BCUT2D eigenvalue weighted by Crippen LogP contribution is 2.34. The molecule has 1 aliphatic heterocycles. The van der Waals surface area contributed by atoms with Gasteiger partial charge in [0.25, 0.3) is 0 Å². The number of anilines is 2. The highest BCUT2D eigenvalue weighted by atomic mass is 19.1. The van der Waals surface area contributed by atoms with E-state index in [9.17, 15) is 23.5 Å². The van der Waals surface area contributed by atoms with Crippen LogP contribution in [0.1, 0.15) is 45.6 Å². The van der Waals surface area contributed by atoms with Crippen molar-refractivity contribution in [2.24, 2.45) is 11.8 Å². The van der Waals surface area contributed by atoms with Crippen LogP contribution in [0.15, 0.2) is 48.7 Å². The fourth-order valence-electron chi connectivity index (χ4n) is 5.29. The number of aromatic amines is 1. The molecule has 214 valence electrons. The number of halogens is 2. The number of likely N-dealkylation sites (tertiary alicyclic amines) is 1. The summed E-state index contributed by atoms with van der Waals surface area (Å²) in [7, 11) is 0. The molecule has 4 aromatic rings. The SMILES string of the molecule is CC1CCC(C(=O)C(C)C)N(C(=O)Cc2ccc(Nc3nc(-c4c(F)cccc4F)nc4c[nH]c(O)c34)cc2)CC1. The minimum atomic E-state index is -0.805. The first-order valence-corrected chi connectivity index (χ1v) is 13.8. The zero-order chi connectivity index (χ0) is 29.3. The van der Waals surface area contributed by atoms with Crippen molar-refractivity contribution in [3.63, 3.8) is 0 Å². The Morgan fingerprint density at radius 3 is 2.46 bits per heavy atom. The first-order valence-electron chi connectivity index (χ1n) is 13.8. The molecule has 3 N–H and O–H groups in total. The molecule has 1 aliphatic rings. The summed E-state index contributed by atoms with van der Waals surface area (Å²) in [4.78, 5) is 39.3. The first-order chi connectivity index (χ1) is 19.6. The number of aromatic nitrogens is 3. The van der Waals surface area contributed by atoms with Gasteiger partial charge in [0.05, 0.1) is 23.5 Å². The number of hydrogen-bond donors (Lipinski definition) is 3. The highest BCUT2D eigenvalue weighted by molar-refractivity contribution is 5.96. The lowest BCUT2D eigenvalue weighted by Crippen LogP contribution is -2.46. The van der Waals surface area contributed by atoms with E-state index in [0.29, 0.717) is 24.6 Å². The van der Waals surface area contributed by atoms with E-state index in [1.165, 1.54) is 12.3 Å². The Morgan fingerprint density at radius 2 is 1.78 bits per heavy atom. The van der Waals surface area contributed by atoms with Gasteiger partial charge in [0.2, 0.25) is 11.8 Å². The van der Waals surface area contributed by atoms with Gasteiger partial charge < -0.3 is 20.3 Å². The van der Waals surface area contributed by atoms with Crippen molar-refractivity contribution in [3.8, 4) is 17.3 Å². The second-order valence-electron chi connectivity index (χ2n) is 11.0. The van der Waals surface area contributed by atoms with Crippen LogP contribution in [0.25, 0.3) is 22.3 Å². The van der Waals surface area contributed by atoms with E-state index < -0.39 is 17.7 Å². The standard InChI is InChI=1S/C31H33F2N5O3/c1-17(2)28(40)24-12-7-18(3)13-14-38(24)25(39)15-19-8-10-20(11-9-19)35-30-27-23(16-34-31(27)41)36-29(37-30)26-21(32)5-4-6-22(26)33/h4-6,8-11,16-18,24,34,41H,7,12-15H2,1-3H3,(H,35,36,37). The van der Waals surface area contributed by atoms with Crippen molar-refractivity contribution in [2.45, 2.75) is 52.5 Å². The fourth-order valence-corrected chi connectivity index (χ4v) is 5.29. The molecule has 41 heavy (non-hydrogen) atoms. The van der Waals surface area contributed by atoms with Gasteiger partial charge in [0.15, 0.2) is 11.6 Å². The normalized spacial score (nSPS) is 17.6. The number of H-pyrrole nitrogens is 1. The van der Waals surface area contributed by atoms with Gasteiger partial charge in [-0.3, -0.25) is 9.59 Å². The third kappa shape index (κ3) is 5.91. The molecule has 2 aromatic heterocycles. The second kappa shape index (κ2) is 11.6. The smallest absolute Gasteiger partial charge is 0.227 e. The van der Waals surface area contributed by atoms with Crippen LogP contribution in [-0.2, 0) is 16.0 Å². The second-order valence-corrected chi connectivity index (χ2v) is 11.0. The van der Waals surface area contributed by atoms with Gasteiger partial charge in [-0.15, -0.1) is 0 Å². The van der Waals surface area contributed by atoms with Crippen LogP contribution in [0, 0.1) is 23.5 Å². The van der Waals surface area contributed by atoms with Crippen molar-refractivity contribution in [2.75, 3.05) is 11.9 Å². The lowest BCUT2D eigenvalue weighted by Gasteiger charge is -2.30. The van der Waals surface area contributed by atoms with Crippen LogP contribution in [0.3, 0.4) is 0 Å². The minimum Gasteiger partial charge on any atom is -0.494 e. The Kier molecular flexibility index (Phi) is 8.01. The largest absolute Gasteiger partial charge is 0.494 e. The summed E-state index contributed by atoms with van der Waals surface area (Å²) < 4.78 is 29.0. The van der Waals surface area contributed by atoms with Crippen molar-refractivity contribution in [1.29, 1.82) is 0 Å². The lowest BCUT2D eigenvalue weighted by atomic mass is 9.94. The van der Waals surface area contributed by atoms with E-state index in [4.69, 9.17) is 0 Å². The van der Waals surface area contributed by atoms with Crippen molar-refractivity contribution >= 4 is 34.1 Å². The van der Waals surface area contributed by atoms with E-state index >= 15 is 0 Å². The molecule has 0 aliphatic carbocycles. The molecule has 8 nitrogen and oxygen atoms in total. The molecule has 1 amide bonds. The Labute approximate surface area is 236 Å². The van der Waals surface area contributed by atoms with Crippen molar-refractivity contribution < 1.29 is 23.5 Å². The number of fused-ring (bicyclic) bond motifs is 1. The van der Waals surface area contributed by atoms with E-state index in [0.717, 1.165) is 30.5 Å². The average molecular weight is 562 g/mol. The number of Topliss-reactive ketones (excluding diaryl/α,β-unsaturated/α-hetero) is 1. The van der Waals surface area contributed by atoms with Gasteiger partial charge in [-0.25, -0.2) is 18.7 Å². The predicted octanol–water partition coefficient (Wildman–Crippen LogP) is 6.14. The van der Waals surface area contributed by atoms with Crippen LogP contribution in [0.5, 0.6) is 5.88 Å². The Hall–Kier alpha value is -4.34. The monoisotopic (exact) mass is 561 g/mol. The molecule has 2 aromatic carbocycles. The maximum atomic E-state index is 14.5. The maximum Gasteiger partial charge on any atom is 0.227 e. The van der Waals surface area contributed by atoms with Gasteiger partial charge in [0.1, 0.15) is 22.8 Å². The Balaban J connectivity index is 1.37. The fraction of sp³-hybridized carbons (Fsp3) is 0.355. The van der Waals surface area contributed by atoms with Crippen LogP contribution < -0.4 is 5.32 Å². The summed E-state index contributed by atoms with van der Waals surface area (Å²) in [6.45, 7) is 6.47.